The molecule has 1 aliphatic heterocycles. The summed E-state index contributed by atoms with van der Waals surface area (Å²) in [5.74, 6) is 0.0639. The zero-order valence-corrected chi connectivity index (χ0v) is 11.1. The summed E-state index contributed by atoms with van der Waals surface area (Å²) in [6.45, 7) is 6.19. The zero-order chi connectivity index (χ0) is 13.7. The Morgan fingerprint density at radius 3 is 2.84 bits per heavy atom. The van der Waals surface area contributed by atoms with E-state index in [1.807, 2.05) is 0 Å². The third-order valence-corrected chi connectivity index (χ3v) is 3.19. The number of nitrogens with zero attached hydrogens (tertiary/aromatic N) is 1. The number of hydrogen-bond acceptors (Lipinski definition) is 4. The summed E-state index contributed by atoms with van der Waals surface area (Å²) in [6, 6.07) is 4.21. The number of hydrogen-bond donors (Lipinski definition) is 1. The van der Waals surface area contributed by atoms with Crippen LogP contribution in [0.15, 0.2) is 18.2 Å². The van der Waals surface area contributed by atoms with E-state index in [9.17, 15) is 9.50 Å². The van der Waals surface area contributed by atoms with E-state index in [4.69, 9.17) is 9.47 Å². The van der Waals surface area contributed by atoms with Gasteiger partial charge in [0.05, 0.1) is 19.3 Å². The second-order valence-electron chi connectivity index (χ2n) is 4.66. The van der Waals surface area contributed by atoms with Crippen LogP contribution < -0.4 is 4.74 Å². The van der Waals surface area contributed by atoms with Crippen molar-refractivity contribution in [3.8, 4) is 5.75 Å². The van der Waals surface area contributed by atoms with Gasteiger partial charge in [0.2, 0.25) is 0 Å². The van der Waals surface area contributed by atoms with Gasteiger partial charge in [0, 0.05) is 31.3 Å². The molecule has 1 aliphatic rings. The maximum Gasteiger partial charge on any atom is 0.128 e. The lowest BCUT2D eigenvalue weighted by Gasteiger charge is -2.26. The van der Waals surface area contributed by atoms with Crippen LogP contribution in [0.3, 0.4) is 0 Å². The molecule has 0 aliphatic carbocycles. The third-order valence-electron chi connectivity index (χ3n) is 3.19. The number of ether oxygens (including phenoxy) is 2. The van der Waals surface area contributed by atoms with Gasteiger partial charge in [0.1, 0.15) is 18.2 Å². The van der Waals surface area contributed by atoms with Gasteiger partial charge in [-0.25, -0.2) is 4.39 Å². The van der Waals surface area contributed by atoms with Gasteiger partial charge in [0.15, 0.2) is 0 Å². The van der Waals surface area contributed by atoms with Crippen molar-refractivity contribution in [3.63, 3.8) is 0 Å². The smallest absolute Gasteiger partial charge is 0.128 e. The predicted octanol–water partition coefficient (Wildman–Crippen LogP) is 1.59. The fraction of sp³-hybridized carbons (Fsp3) is 0.571. The molecule has 0 unspecified atom stereocenters. The average molecular weight is 269 g/mol. The highest BCUT2D eigenvalue weighted by Crippen LogP contribution is 2.25. The van der Waals surface area contributed by atoms with Crippen molar-refractivity contribution >= 4 is 0 Å². The van der Waals surface area contributed by atoms with Gasteiger partial charge in [-0.05, 0) is 19.1 Å². The van der Waals surface area contributed by atoms with Crippen LogP contribution >= 0.6 is 0 Å². The van der Waals surface area contributed by atoms with Crippen LogP contribution in [0, 0.1) is 5.82 Å². The van der Waals surface area contributed by atoms with Crippen molar-refractivity contribution in [2.75, 3.05) is 39.5 Å². The molecule has 0 amide bonds. The van der Waals surface area contributed by atoms with Gasteiger partial charge < -0.3 is 14.6 Å². The van der Waals surface area contributed by atoms with Crippen molar-refractivity contribution in [1.82, 2.24) is 4.90 Å². The summed E-state index contributed by atoms with van der Waals surface area (Å²) in [7, 11) is 0. The average Bonchev–Trinajstić information content (AvgIpc) is 2.39. The zero-order valence-electron chi connectivity index (χ0n) is 11.1. The fourth-order valence-corrected chi connectivity index (χ4v) is 2.09. The van der Waals surface area contributed by atoms with Crippen LogP contribution in [0.4, 0.5) is 4.39 Å². The molecule has 1 aromatic carbocycles. The van der Waals surface area contributed by atoms with Gasteiger partial charge >= 0.3 is 0 Å². The maximum atomic E-state index is 13.2. The Morgan fingerprint density at radius 1 is 1.42 bits per heavy atom. The molecule has 0 aromatic heterocycles. The second kappa shape index (κ2) is 6.84. The molecule has 0 bridgehead atoms. The molecular formula is C14H20FNO3. The summed E-state index contributed by atoms with van der Waals surface area (Å²) < 4.78 is 24.1. The summed E-state index contributed by atoms with van der Waals surface area (Å²) in [6.07, 6.45) is -0.668. The standard InChI is InChI=1S/C14H20FNO3/c1-11(17)13-3-2-12(15)10-14(13)19-9-6-16-4-7-18-8-5-16/h2-3,10-11,17H,4-9H2,1H3/t11-/m1/s1. The first-order valence-corrected chi connectivity index (χ1v) is 6.57. The van der Waals surface area contributed by atoms with Gasteiger partial charge in [0.25, 0.3) is 0 Å². The van der Waals surface area contributed by atoms with Gasteiger partial charge in [-0.15, -0.1) is 0 Å². The number of rotatable bonds is 5. The van der Waals surface area contributed by atoms with Crippen LogP contribution in [-0.4, -0.2) is 49.5 Å². The van der Waals surface area contributed by atoms with Crippen LogP contribution in [0.25, 0.3) is 0 Å². The molecule has 19 heavy (non-hydrogen) atoms. The molecule has 1 heterocycles. The van der Waals surface area contributed by atoms with Gasteiger partial charge in [-0.1, -0.05) is 0 Å². The summed E-state index contributed by atoms with van der Waals surface area (Å²) in [4.78, 5) is 2.24. The van der Waals surface area contributed by atoms with Crippen LogP contribution in [0.1, 0.15) is 18.6 Å². The van der Waals surface area contributed by atoms with Crippen molar-refractivity contribution in [2.24, 2.45) is 0 Å². The number of benzene rings is 1. The van der Waals surface area contributed by atoms with E-state index in [0.29, 0.717) is 17.9 Å². The third kappa shape index (κ3) is 4.16. The Labute approximate surface area is 112 Å². The summed E-state index contributed by atoms with van der Waals surface area (Å²) >= 11 is 0. The molecule has 106 valence electrons. The number of morpholine rings is 1. The highest BCUT2D eigenvalue weighted by atomic mass is 19.1. The molecule has 5 heteroatoms. The normalized spacial score (nSPS) is 18.3. The molecule has 1 atom stereocenters. The Morgan fingerprint density at radius 2 is 2.16 bits per heavy atom. The molecule has 0 spiro atoms. The van der Waals surface area contributed by atoms with E-state index in [2.05, 4.69) is 4.90 Å². The number of halogens is 1. The van der Waals surface area contributed by atoms with Crippen molar-refractivity contribution in [1.29, 1.82) is 0 Å². The van der Waals surface area contributed by atoms with Gasteiger partial charge in [-0.3, -0.25) is 4.90 Å². The molecule has 0 radical (unpaired) electrons. The van der Waals surface area contributed by atoms with E-state index in [-0.39, 0.29) is 5.82 Å². The van der Waals surface area contributed by atoms with Crippen LogP contribution in [0.2, 0.25) is 0 Å². The lowest BCUT2D eigenvalue weighted by Crippen LogP contribution is -2.38. The SMILES string of the molecule is C[C@@H](O)c1ccc(F)cc1OCCN1CCOCC1. The largest absolute Gasteiger partial charge is 0.492 e. The quantitative estimate of drug-likeness (QED) is 0.881. The first-order chi connectivity index (χ1) is 9.16. The Hall–Kier alpha value is -1.17. The Kier molecular flexibility index (Phi) is 5.13. The van der Waals surface area contributed by atoms with Crippen molar-refractivity contribution < 1.29 is 19.0 Å². The van der Waals surface area contributed by atoms with Crippen molar-refractivity contribution in [3.05, 3.63) is 29.6 Å². The van der Waals surface area contributed by atoms with E-state index >= 15 is 0 Å². The van der Waals surface area contributed by atoms with Gasteiger partial charge in [-0.2, -0.15) is 0 Å². The summed E-state index contributed by atoms with van der Waals surface area (Å²) in [5, 5.41) is 9.61. The number of aliphatic hydroxyl groups is 1. The summed E-state index contributed by atoms with van der Waals surface area (Å²) in [5.41, 5.74) is 0.614. The molecule has 0 saturated carbocycles. The maximum absolute atomic E-state index is 13.2. The van der Waals surface area contributed by atoms with Crippen LogP contribution in [-0.2, 0) is 4.74 Å². The Balaban J connectivity index is 1.89. The topological polar surface area (TPSA) is 41.9 Å². The molecule has 1 saturated heterocycles. The molecule has 1 N–H and O–H groups in total. The molecule has 2 rings (SSSR count). The lowest BCUT2D eigenvalue weighted by atomic mass is 10.1. The van der Waals surface area contributed by atoms with Crippen molar-refractivity contribution in [2.45, 2.75) is 13.0 Å². The highest BCUT2D eigenvalue weighted by Gasteiger charge is 2.13. The van der Waals surface area contributed by atoms with E-state index in [1.54, 1.807) is 13.0 Å². The highest BCUT2D eigenvalue weighted by molar-refractivity contribution is 5.35. The monoisotopic (exact) mass is 269 g/mol. The predicted molar refractivity (Wildman–Crippen MR) is 69.8 cm³/mol. The van der Waals surface area contributed by atoms with E-state index < -0.39 is 6.10 Å². The first kappa shape index (κ1) is 14.2. The molecule has 1 fully saturated rings. The minimum Gasteiger partial charge on any atom is -0.492 e. The van der Waals surface area contributed by atoms with Crippen LogP contribution in [0.5, 0.6) is 5.75 Å². The van der Waals surface area contributed by atoms with E-state index in [1.165, 1.54) is 12.1 Å². The minimum absolute atomic E-state index is 0.356. The first-order valence-electron chi connectivity index (χ1n) is 6.57. The Bertz CT molecular complexity index is 406. The minimum atomic E-state index is -0.668. The molecule has 1 aromatic rings. The van der Waals surface area contributed by atoms with E-state index in [0.717, 1.165) is 32.8 Å². The number of aliphatic hydroxyl groups excluding tert-OH is 1. The fourth-order valence-electron chi connectivity index (χ4n) is 2.09. The molecular weight excluding hydrogens is 249 g/mol. The second-order valence-corrected chi connectivity index (χ2v) is 4.66. The lowest BCUT2D eigenvalue weighted by molar-refractivity contribution is 0.0320. The molecule has 4 nitrogen and oxygen atoms in total.